The van der Waals surface area contributed by atoms with E-state index >= 15 is 0 Å². The fourth-order valence-corrected chi connectivity index (χ4v) is 6.42. The number of benzene rings is 1. The van der Waals surface area contributed by atoms with E-state index in [4.69, 9.17) is 27.9 Å². The van der Waals surface area contributed by atoms with Gasteiger partial charge in [-0.05, 0) is 49.8 Å². The maximum Gasteiger partial charge on any atom is 0.338 e. The number of hydrogen-bond acceptors (Lipinski definition) is 7. The Bertz CT molecular complexity index is 1490. The molecular weight excluding hydrogens is 525 g/mol. The monoisotopic (exact) mass is 553 g/mol. The number of esters is 1. The number of halogens is 2. The molecule has 3 heterocycles. The number of aliphatic hydroxyl groups is 1. The van der Waals surface area contributed by atoms with Crippen LogP contribution in [0.2, 0.25) is 10.0 Å². The van der Waals surface area contributed by atoms with Gasteiger partial charge in [0.1, 0.15) is 11.4 Å². The van der Waals surface area contributed by atoms with Crippen molar-refractivity contribution in [2.45, 2.75) is 76.2 Å². The van der Waals surface area contributed by atoms with E-state index in [-0.39, 0.29) is 36.0 Å². The summed E-state index contributed by atoms with van der Waals surface area (Å²) < 4.78 is 7.77. The molecule has 2 aromatic heterocycles. The van der Waals surface area contributed by atoms with Gasteiger partial charge in [0.15, 0.2) is 5.82 Å². The molecular formula is C28H29Cl2N5O3. The molecule has 8 nitrogen and oxygen atoms in total. The summed E-state index contributed by atoms with van der Waals surface area (Å²) >= 11 is 12.6. The van der Waals surface area contributed by atoms with Crippen LogP contribution in [0.5, 0.6) is 0 Å². The Morgan fingerprint density at radius 3 is 2.71 bits per heavy atom. The molecule has 2 aliphatic rings. The zero-order valence-electron chi connectivity index (χ0n) is 21.5. The Hall–Kier alpha value is -3.15. The Kier molecular flexibility index (Phi) is 6.87. The van der Waals surface area contributed by atoms with Gasteiger partial charge in [0, 0.05) is 23.8 Å². The first-order chi connectivity index (χ1) is 18.0. The molecule has 0 amide bonds. The van der Waals surface area contributed by atoms with Crippen molar-refractivity contribution in [3.8, 4) is 6.07 Å². The fraction of sp³-hybridized carbons (Fsp3) is 0.464. The highest BCUT2D eigenvalue weighted by atomic mass is 35.5. The molecule has 1 aliphatic carbocycles. The molecule has 38 heavy (non-hydrogen) atoms. The van der Waals surface area contributed by atoms with Gasteiger partial charge in [-0.1, -0.05) is 55.1 Å². The van der Waals surface area contributed by atoms with Crippen molar-refractivity contribution in [2.75, 3.05) is 0 Å². The van der Waals surface area contributed by atoms with E-state index in [0.29, 0.717) is 21.6 Å². The largest absolute Gasteiger partial charge is 0.512 e. The number of fused-ring (bicyclic) bond motifs is 1. The van der Waals surface area contributed by atoms with Crippen LogP contribution in [-0.4, -0.2) is 36.3 Å². The number of nitriles is 1. The van der Waals surface area contributed by atoms with Gasteiger partial charge in [-0.2, -0.15) is 10.2 Å². The quantitative estimate of drug-likeness (QED) is 0.358. The van der Waals surface area contributed by atoms with Crippen molar-refractivity contribution in [1.82, 2.24) is 19.6 Å². The van der Waals surface area contributed by atoms with Crippen LogP contribution in [0.3, 0.4) is 0 Å². The molecule has 1 saturated carbocycles. The second-order valence-electron chi connectivity index (χ2n) is 10.8. The number of hydrogen-bond donors (Lipinski definition) is 1. The third kappa shape index (κ3) is 4.63. The molecule has 1 aromatic carbocycles. The molecule has 5 rings (SSSR count). The summed E-state index contributed by atoms with van der Waals surface area (Å²) in [6.45, 7) is 5.67. The number of ether oxygens (including phenoxy) is 1. The molecule has 1 fully saturated rings. The van der Waals surface area contributed by atoms with E-state index in [1.807, 2.05) is 39.0 Å². The number of aromatic nitrogens is 4. The van der Waals surface area contributed by atoms with Crippen LogP contribution in [0.25, 0.3) is 5.78 Å². The topological polar surface area (TPSA) is 113 Å². The summed E-state index contributed by atoms with van der Waals surface area (Å²) in [7, 11) is 0. The van der Waals surface area contributed by atoms with Gasteiger partial charge in [0.2, 0.25) is 0 Å². The summed E-state index contributed by atoms with van der Waals surface area (Å²) in [6.07, 6.45) is 7.18. The average molecular weight is 554 g/mol. The first-order valence-electron chi connectivity index (χ1n) is 12.8. The van der Waals surface area contributed by atoms with Crippen LogP contribution >= 0.6 is 23.2 Å². The Morgan fingerprint density at radius 2 is 2.05 bits per heavy atom. The van der Waals surface area contributed by atoms with E-state index in [1.165, 1.54) is 10.7 Å². The number of nitrogens with zero attached hydrogens (tertiary/aromatic N) is 5. The summed E-state index contributed by atoms with van der Waals surface area (Å²) in [5, 5.41) is 26.1. The third-order valence-corrected chi connectivity index (χ3v) is 8.60. The van der Waals surface area contributed by atoms with Crippen molar-refractivity contribution in [3.05, 3.63) is 68.9 Å². The van der Waals surface area contributed by atoms with Gasteiger partial charge in [-0.25, -0.2) is 14.3 Å². The first-order valence-corrected chi connectivity index (χ1v) is 13.5. The highest BCUT2D eigenvalue weighted by molar-refractivity contribution is 6.31. The van der Waals surface area contributed by atoms with Gasteiger partial charge in [-0.15, -0.1) is 5.10 Å². The fourth-order valence-electron chi connectivity index (χ4n) is 5.85. The highest BCUT2D eigenvalue weighted by Gasteiger charge is 2.52. The molecule has 2 atom stereocenters. The SMILES string of the molecule is CC(c1ccc(C(C)(C)C#N)c(Cl)c1)C1(C2CCCC2)CC(O)=C(Cc2nc3ncc(Cl)cn3n2)C(=O)O1. The van der Waals surface area contributed by atoms with Gasteiger partial charge in [-0.3, -0.25) is 0 Å². The molecule has 1 N–H and O–H groups in total. The average Bonchev–Trinajstić information content (AvgIpc) is 3.55. The van der Waals surface area contributed by atoms with Gasteiger partial charge in [0.05, 0.1) is 34.5 Å². The zero-order chi connectivity index (χ0) is 27.2. The highest BCUT2D eigenvalue weighted by Crippen LogP contribution is 2.51. The Labute approximate surface area is 231 Å². The lowest BCUT2D eigenvalue weighted by Crippen LogP contribution is -2.49. The Morgan fingerprint density at radius 1 is 1.32 bits per heavy atom. The van der Waals surface area contributed by atoms with Crippen LogP contribution in [0.1, 0.15) is 75.7 Å². The summed E-state index contributed by atoms with van der Waals surface area (Å²) in [6, 6.07) is 7.98. The third-order valence-electron chi connectivity index (χ3n) is 8.09. The molecule has 10 heteroatoms. The van der Waals surface area contributed by atoms with Gasteiger partial charge >= 0.3 is 5.97 Å². The minimum atomic E-state index is -0.918. The Balaban J connectivity index is 1.49. The van der Waals surface area contributed by atoms with Crippen LogP contribution < -0.4 is 0 Å². The van der Waals surface area contributed by atoms with Crippen LogP contribution in [0.15, 0.2) is 41.9 Å². The van der Waals surface area contributed by atoms with E-state index in [2.05, 4.69) is 21.1 Å². The normalized spacial score (nSPS) is 21.5. The zero-order valence-corrected chi connectivity index (χ0v) is 23.1. The van der Waals surface area contributed by atoms with Crippen molar-refractivity contribution in [1.29, 1.82) is 5.26 Å². The number of cyclic esters (lactones) is 1. The standard InChI is InChI=1S/C28H29Cl2N5O3/c1-16(17-8-9-21(22(30)10-17)27(2,3)15-31)28(18-6-4-5-7-18)12-23(36)20(25(37)38-28)11-24-33-26-32-13-19(29)14-35(26)34-24/h8-10,13-14,16,18,36H,4-7,11-12H2,1-3H3. The predicted molar refractivity (Wildman–Crippen MR) is 143 cm³/mol. The molecule has 0 saturated heterocycles. The van der Waals surface area contributed by atoms with Gasteiger partial charge < -0.3 is 9.84 Å². The lowest BCUT2D eigenvalue weighted by Gasteiger charge is -2.46. The maximum absolute atomic E-state index is 13.5. The second kappa shape index (κ2) is 9.87. The molecule has 198 valence electrons. The first kappa shape index (κ1) is 26.5. The van der Waals surface area contributed by atoms with Crippen molar-refractivity contribution >= 4 is 34.9 Å². The molecule has 2 unspecified atom stereocenters. The predicted octanol–water partition coefficient (Wildman–Crippen LogP) is 6.27. The lowest BCUT2D eigenvalue weighted by molar-refractivity contribution is -0.170. The summed E-state index contributed by atoms with van der Waals surface area (Å²) in [5.41, 5.74) is 0.138. The summed E-state index contributed by atoms with van der Waals surface area (Å²) in [4.78, 5) is 22.0. The maximum atomic E-state index is 13.5. The number of carbonyl (C=O) groups is 1. The van der Waals surface area contributed by atoms with Crippen molar-refractivity contribution in [3.63, 3.8) is 0 Å². The lowest BCUT2D eigenvalue weighted by atomic mass is 9.69. The summed E-state index contributed by atoms with van der Waals surface area (Å²) in [5.74, 6) is -0.0259. The van der Waals surface area contributed by atoms with Crippen LogP contribution in [0.4, 0.5) is 0 Å². The van der Waals surface area contributed by atoms with Crippen molar-refractivity contribution < 1.29 is 14.6 Å². The van der Waals surface area contributed by atoms with E-state index < -0.39 is 17.0 Å². The van der Waals surface area contributed by atoms with Crippen LogP contribution in [0, 0.1) is 17.2 Å². The smallest absolute Gasteiger partial charge is 0.338 e. The minimum absolute atomic E-state index is 0.00169. The number of carbonyl (C=O) groups excluding carboxylic acids is 1. The second-order valence-corrected chi connectivity index (χ2v) is 11.7. The van der Waals surface area contributed by atoms with E-state index in [0.717, 1.165) is 36.8 Å². The van der Waals surface area contributed by atoms with E-state index in [9.17, 15) is 15.2 Å². The molecule has 0 radical (unpaired) electrons. The van der Waals surface area contributed by atoms with Gasteiger partial charge in [0.25, 0.3) is 5.78 Å². The minimum Gasteiger partial charge on any atom is -0.512 e. The van der Waals surface area contributed by atoms with E-state index in [1.54, 1.807) is 6.20 Å². The van der Waals surface area contributed by atoms with Crippen LogP contribution in [-0.2, 0) is 21.4 Å². The van der Waals surface area contributed by atoms with Crippen molar-refractivity contribution in [2.24, 2.45) is 5.92 Å². The number of aliphatic hydroxyl groups excluding tert-OH is 1. The molecule has 1 aliphatic heterocycles. The molecule has 0 bridgehead atoms. The molecule has 0 spiro atoms. The molecule has 3 aromatic rings. The number of rotatable bonds is 6.